The topological polar surface area (TPSA) is 38.0 Å². The van der Waals surface area contributed by atoms with Gasteiger partial charge in [0.1, 0.15) is 0 Å². The lowest BCUT2D eigenvalue weighted by Gasteiger charge is -2.15. The highest BCUT2D eigenvalue weighted by molar-refractivity contribution is 7.99. The Balaban J connectivity index is 1.77. The Labute approximate surface area is 123 Å². The number of thioether (sulfide) groups is 1. The Bertz CT molecular complexity index is 465. The van der Waals surface area contributed by atoms with E-state index in [1.54, 1.807) is 0 Å². The zero-order valence-electron chi connectivity index (χ0n) is 11.1. The monoisotopic (exact) mass is 292 g/mol. The Morgan fingerprint density at radius 3 is 2.68 bits per heavy atom. The van der Waals surface area contributed by atoms with Gasteiger partial charge in [-0.25, -0.2) is 0 Å². The van der Waals surface area contributed by atoms with Crippen molar-refractivity contribution in [3.05, 3.63) is 52.2 Å². The van der Waals surface area contributed by atoms with Crippen LogP contribution in [0.5, 0.6) is 0 Å². The summed E-state index contributed by atoms with van der Waals surface area (Å²) in [4.78, 5) is 2.74. The van der Waals surface area contributed by atoms with Gasteiger partial charge in [0.25, 0.3) is 0 Å². The standard InChI is InChI=1S/C15H20N2S2/c1-12-4-7-15(8-5-12)19-11-13(17-16)6-9-14-3-2-10-18-14/h2-5,7-8,10,13,17H,6,9,11,16H2,1H3. The van der Waals surface area contributed by atoms with Crippen LogP contribution in [0.1, 0.15) is 16.9 Å². The summed E-state index contributed by atoms with van der Waals surface area (Å²) in [7, 11) is 0. The van der Waals surface area contributed by atoms with Gasteiger partial charge in [-0.05, 0) is 43.3 Å². The summed E-state index contributed by atoms with van der Waals surface area (Å²) in [6.07, 6.45) is 2.18. The van der Waals surface area contributed by atoms with Gasteiger partial charge < -0.3 is 0 Å². The minimum Gasteiger partial charge on any atom is -0.271 e. The fourth-order valence-corrected chi connectivity index (χ4v) is 3.53. The highest BCUT2D eigenvalue weighted by Gasteiger charge is 2.08. The second-order valence-electron chi connectivity index (χ2n) is 4.61. The van der Waals surface area contributed by atoms with Crippen LogP contribution >= 0.6 is 23.1 Å². The number of hydrogen-bond donors (Lipinski definition) is 2. The van der Waals surface area contributed by atoms with E-state index in [0.717, 1.165) is 18.6 Å². The molecule has 0 aliphatic heterocycles. The summed E-state index contributed by atoms with van der Waals surface area (Å²) in [5, 5.41) is 2.13. The summed E-state index contributed by atoms with van der Waals surface area (Å²) in [6, 6.07) is 13.3. The molecule has 1 aromatic carbocycles. The van der Waals surface area contributed by atoms with Crippen molar-refractivity contribution >= 4 is 23.1 Å². The lowest BCUT2D eigenvalue weighted by Crippen LogP contribution is -2.37. The Kier molecular flexibility index (Phi) is 5.92. The molecule has 1 aromatic heterocycles. The molecule has 0 radical (unpaired) electrons. The molecule has 0 saturated heterocycles. The van der Waals surface area contributed by atoms with E-state index < -0.39 is 0 Å². The van der Waals surface area contributed by atoms with Crippen LogP contribution in [0.2, 0.25) is 0 Å². The first-order valence-corrected chi connectivity index (χ1v) is 8.32. The van der Waals surface area contributed by atoms with Crippen molar-refractivity contribution in [2.45, 2.75) is 30.7 Å². The number of thiophene rings is 1. The zero-order valence-corrected chi connectivity index (χ0v) is 12.8. The first-order valence-electron chi connectivity index (χ1n) is 6.46. The molecule has 0 amide bonds. The molecule has 0 aliphatic rings. The van der Waals surface area contributed by atoms with Crippen LogP contribution in [0, 0.1) is 6.92 Å². The largest absolute Gasteiger partial charge is 0.271 e. The predicted molar refractivity (Wildman–Crippen MR) is 85.7 cm³/mol. The maximum Gasteiger partial charge on any atom is 0.0308 e. The van der Waals surface area contributed by atoms with E-state index in [9.17, 15) is 0 Å². The average Bonchev–Trinajstić information content (AvgIpc) is 2.94. The molecule has 1 heterocycles. The number of rotatable bonds is 7. The molecular formula is C15H20N2S2. The van der Waals surface area contributed by atoms with Crippen molar-refractivity contribution in [1.82, 2.24) is 5.43 Å². The lowest BCUT2D eigenvalue weighted by atomic mass is 10.2. The average molecular weight is 292 g/mol. The summed E-state index contributed by atoms with van der Waals surface area (Å²) < 4.78 is 0. The van der Waals surface area contributed by atoms with Crippen molar-refractivity contribution in [2.75, 3.05) is 5.75 Å². The minimum absolute atomic E-state index is 0.355. The van der Waals surface area contributed by atoms with Gasteiger partial charge in [0, 0.05) is 21.6 Å². The van der Waals surface area contributed by atoms with Crippen LogP contribution in [0.4, 0.5) is 0 Å². The first-order chi connectivity index (χ1) is 9.28. The van der Waals surface area contributed by atoms with Crippen molar-refractivity contribution in [1.29, 1.82) is 0 Å². The van der Waals surface area contributed by atoms with E-state index >= 15 is 0 Å². The Hall–Kier alpha value is -0.810. The summed E-state index contributed by atoms with van der Waals surface area (Å²) in [5.74, 6) is 6.65. The maximum atomic E-state index is 5.64. The predicted octanol–water partition coefficient (Wildman–Crippen LogP) is 3.61. The number of hydrazine groups is 1. The lowest BCUT2D eigenvalue weighted by molar-refractivity contribution is 0.541. The summed E-state index contributed by atoms with van der Waals surface area (Å²) in [5.41, 5.74) is 4.23. The SMILES string of the molecule is Cc1ccc(SCC(CCc2cccs2)NN)cc1. The van der Waals surface area contributed by atoms with Gasteiger partial charge in [-0.3, -0.25) is 11.3 Å². The van der Waals surface area contributed by atoms with Crippen LogP contribution in [-0.4, -0.2) is 11.8 Å². The van der Waals surface area contributed by atoms with E-state index in [0.29, 0.717) is 6.04 Å². The number of aryl methyl sites for hydroxylation is 2. The maximum absolute atomic E-state index is 5.64. The molecule has 2 rings (SSSR count). The van der Waals surface area contributed by atoms with E-state index in [-0.39, 0.29) is 0 Å². The molecule has 2 aromatic rings. The quantitative estimate of drug-likeness (QED) is 0.465. The van der Waals surface area contributed by atoms with Crippen LogP contribution in [-0.2, 0) is 6.42 Å². The van der Waals surface area contributed by atoms with Gasteiger partial charge in [0.05, 0.1) is 0 Å². The van der Waals surface area contributed by atoms with E-state index in [2.05, 4.69) is 54.1 Å². The van der Waals surface area contributed by atoms with Crippen LogP contribution in [0.25, 0.3) is 0 Å². The van der Waals surface area contributed by atoms with Crippen LogP contribution in [0.3, 0.4) is 0 Å². The third-order valence-electron chi connectivity index (χ3n) is 3.03. The smallest absolute Gasteiger partial charge is 0.0308 e. The number of nitrogens with two attached hydrogens (primary N) is 1. The number of nitrogens with one attached hydrogen (secondary N) is 1. The van der Waals surface area contributed by atoms with E-state index in [4.69, 9.17) is 5.84 Å². The van der Waals surface area contributed by atoms with Gasteiger partial charge in [0.15, 0.2) is 0 Å². The van der Waals surface area contributed by atoms with Gasteiger partial charge in [-0.15, -0.1) is 23.1 Å². The second kappa shape index (κ2) is 7.70. The van der Waals surface area contributed by atoms with E-state index in [1.807, 2.05) is 23.1 Å². The zero-order chi connectivity index (χ0) is 13.5. The van der Waals surface area contributed by atoms with Crippen LogP contribution in [0.15, 0.2) is 46.7 Å². The molecule has 19 heavy (non-hydrogen) atoms. The molecule has 0 aliphatic carbocycles. The molecule has 1 atom stereocenters. The second-order valence-corrected chi connectivity index (χ2v) is 6.73. The molecule has 1 unspecified atom stereocenters. The van der Waals surface area contributed by atoms with Crippen molar-refractivity contribution in [2.24, 2.45) is 5.84 Å². The summed E-state index contributed by atoms with van der Waals surface area (Å²) in [6.45, 7) is 2.11. The Morgan fingerprint density at radius 2 is 2.05 bits per heavy atom. The third-order valence-corrected chi connectivity index (χ3v) is 5.14. The molecule has 0 spiro atoms. The molecule has 4 heteroatoms. The molecule has 0 fully saturated rings. The summed E-state index contributed by atoms with van der Waals surface area (Å²) >= 11 is 3.68. The highest BCUT2D eigenvalue weighted by Crippen LogP contribution is 2.21. The normalized spacial score (nSPS) is 12.5. The fraction of sp³-hybridized carbons (Fsp3) is 0.333. The fourth-order valence-electron chi connectivity index (χ4n) is 1.82. The van der Waals surface area contributed by atoms with Gasteiger partial charge in [-0.1, -0.05) is 23.8 Å². The molecular weight excluding hydrogens is 272 g/mol. The molecule has 0 bridgehead atoms. The molecule has 2 nitrogen and oxygen atoms in total. The number of hydrogen-bond acceptors (Lipinski definition) is 4. The molecule has 0 saturated carbocycles. The minimum atomic E-state index is 0.355. The third kappa shape index (κ3) is 4.99. The van der Waals surface area contributed by atoms with E-state index in [1.165, 1.54) is 15.3 Å². The van der Waals surface area contributed by atoms with Gasteiger partial charge in [-0.2, -0.15) is 0 Å². The van der Waals surface area contributed by atoms with Crippen molar-refractivity contribution in [3.8, 4) is 0 Å². The van der Waals surface area contributed by atoms with Gasteiger partial charge in [0.2, 0.25) is 0 Å². The van der Waals surface area contributed by atoms with Crippen molar-refractivity contribution < 1.29 is 0 Å². The highest BCUT2D eigenvalue weighted by atomic mass is 32.2. The van der Waals surface area contributed by atoms with Crippen LogP contribution < -0.4 is 11.3 Å². The van der Waals surface area contributed by atoms with Crippen molar-refractivity contribution in [3.63, 3.8) is 0 Å². The first kappa shape index (κ1) is 14.6. The number of benzene rings is 1. The Morgan fingerprint density at radius 1 is 1.26 bits per heavy atom. The molecule has 102 valence electrons. The molecule has 3 N–H and O–H groups in total. The van der Waals surface area contributed by atoms with Gasteiger partial charge >= 0.3 is 0 Å².